The molecule has 0 heterocycles. The second-order valence-corrected chi connectivity index (χ2v) is 4.07. The van der Waals surface area contributed by atoms with E-state index in [9.17, 15) is 5.11 Å². The van der Waals surface area contributed by atoms with Crippen molar-refractivity contribution in [2.24, 2.45) is 0 Å². The highest BCUT2D eigenvalue weighted by molar-refractivity contribution is 5.50. The molecule has 0 unspecified atom stereocenters. The van der Waals surface area contributed by atoms with Gasteiger partial charge in [-0.2, -0.15) is 0 Å². The minimum Gasteiger partial charge on any atom is -0.508 e. The Hall–Kier alpha value is -2.16. The number of nitrogen functional groups attached to an aromatic ring is 1. The quantitative estimate of drug-likeness (QED) is 0.776. The first-order valence-electron chi connectivity index (χ1n) is 5.40. The molecule has 17 heavy (non-hydrogen) atoms. The van der Waals surface area contributed by atoms with Gasteiger partial charge >= 0.3 is 0 Å². The van der Waals surface area contributed by atoms with Crippen molar-refractivity contribution >= 4 is 5.69 Å². The van der Waals surface area contributed by atoms with Gasteiger partial charge in [0, 0.05) is 5.69 Å². The van der Waals surface area contributed by atoms with Crippen LogP contribution in [-0.4, -0.2) is 5.11 Å². The van der Waals surface area contributed by atoms with E-state index in [1.54, 1.807) is 18.2 Å². The maximum Gasteiger partial charge on any atom is 0.127 e. The Morgan fingerprint density at radius 2 is 1.53 bits per heavy atom. The Morgan fingerprint density at radius 3 is 2.12 bits per heavy atom. The van der Waals surface area contributed by atoms with Gasteiger partial charge in [-0.05, 0) is 61.4 Å². The molecular weight excluding hydrogens is 214 g/mol. The number of phenolic OH excluding ortho intramolecular Hbond substituents is 1. The molecule has 0 saturated carbocycles. The van der Waals surface area contributed by atoms with Gasteiger partial charge in [-0.1, -0.05) is 0 Å². The maximum atomic E-state index is 9.42. The predicted molar refractivity (Wildman–Crippen MR) is 68.5 cm³/mol. The molecule has 0 aliphatic heterocycles. The number of rotatable bonds is 2. The topological polar surface area (TPSA) is 55.5 Å². The number of anilines is 1. The molecule has 2 aromatic rings. The number of hydrogen-bond acceptors (Lipinski definition) is 3. The molecule has 88 valence electrons. The summed E-state index contributed by atoms with van der Waals surface area (Å²) in [6.45, 7) is 3.76. The number of phenols is 1. The SMILES string of the molecule is Cc1cc(Oc2ccc(O)c(C)c2)ccc1N. The zero-order valence-electron chi connectivity index (χ0n) is 9.90. The number of aromatic hydroxyl groups is 1. The van der Waals surface area contributed by atoms with Crippen molar-refractivity contribution in [2.45, 2.75) is 13.8 Å². The highest BCUT2D eigenvalue weighted by Crippen LogP contribution is 2.28. The van der Waals surface area contributed by atoms with Gasteiger partial charge in [-0.3, -0.25) is 0 Å². The fraction of sp³-hybridized carbons (Fsp3) is 0.143. The van der Waals surface area contributed by atoms with Gasteiger partial charge in [0.25, 0.3) is 0 Å². The summed E-state index contributed by atoms with van der Waals surface area (Å²) in [5.74, 6) is 1.71. The minimum atomic E-state index is 0.269. The second-order valence-electron chi connectivity index (χ2n) is 4.07. The van der Waals surface area contributed by atoms with Crippen LogP contribution in [-0.2, 0) is 0 Å². The van der Waals surface area contributed by atoms with E-state index in [4.69, 9.17) is 10.5 Å². The summed E-state index contributed by atoms with van der Waals surface area (Å²) in [5.41, 5.74) is 8.26. The van der Waals surface area contributed by atoms with Crippen LogP contribution in [0.4, 0.5) is 5.69 Å². The number of benzene rings is 2. The molecule has 3 N–H and O–H groups in total. The highest BCUT2D eigenvalue weighted by Gasteiger charge is 2.02. The molecule has 0 fully saturated rings. The molecule has 0 amide bonds. The molecule has 3 heteroatoms. The lowest BCUT2D eigenvalue weighted by Gasteiger charge is -2.09. The van der Waals surface area contributed by atoms with Crippen LogP contribution in [0.2, 0.25) is 0 Å². The van der Waals surface area contributed by atoms with Crippen LogP contribution in [0.3, 0.4) is 0 Å². The molecule has 0 aliphatic rings. The third-order valence-corrected chi connectivity index (χ3v) is 2.65. The highest BCUT2D eigenvalue weighted by atomic mass is 16.5. The standard InChI is InChI=1S/C14H15NO2/c1-9-7-11(3-5-13(9)15)17-12-4-6-14(16)10(2)8-12/h3-8,16H,15H2,1-2H3. The van der Waals surface area contributed by atoms with Crippen LogP contribution in [0.25, 0.3) is 0 Å². The molecule has 0 saturated heterocycles. The van der Waals surface area contributed by atoms with E-state index in [2.05, 4.69) is 0 Å². The first-order valence-corrected chi connectivity index (χ1v) is 5.40. The van der Waals surface area contributed by atoms with Crippen molar-refractivity contribution in [2.75, 3.05) is 5.73 Å². The first-order chi connectivity index (χ1) is 8.06. The van der Waals surface area contributed by atoms with Crippen molar-refractivity contribution in [3.8, 4) is 17.2 Å². The lowest BCUT2D eigenvalue weighted by atomic mass is 10.2. The van der Waals surface area contributed by atoms with Crippen molar-refractivity contribution in [1.82, 2.24) is 0 Å². The summed E-state index contributed by atoms with van der Waals surface area (Å²) in [4.78, 5) is 0. The fourth-order valence-electron chi connectivity index (χ4n) is 1.54. The van der Waals surface area contributed by atoms with E-state index in [1.165, 1.54) is 0 Å². The summed E-state index contributed by atoms with van der Waals surface area (Å²) in [5, 5.41) is 9.42. The van der Waals surface area contributed by atoms with Gasteiger partial charge in [0.15, 0.2) is 0 Å². The van der Waals surface area contributed by atoms with E-state index >= 15 is 0 Å². The molecule has 2 aromatic carbocycles. The Kier molecular flexibility index (Phi) is 2.91. The van der Waals surface area contributed by atoms with Crippen LogP contribution in [0.15, 0.2) is 36.4 Å². The summed E-state index contributed by atoms with van der Waals surface area (Å²) >= 11 is 0. The fourth-order valence-corrected chi connectivity index (χ4v) is 1.54. The van der Waals surface area contributed by atoms with Gasteiger partial charge < -0.3 is 15.6 Å². The van der Waals surface area contributed by atoms with Crippen molar-refractivity contribution in [1.29, 1.82) is 0 Å². The molecule has 0 bridgehead atoms. The van der Waals surface area contributed by atoms with E-state index in [1.807, 2.05) is 32.0 Å². The number of nitrogens with two attached hydrogens (primary N) is 1. The molecule has 2 rings (SSSR count). The van der Waals surface area contributed by atoms with Crippen LogP contribution < -0.4 is 10.5 Å². The van der Waals surface area contributed by atoms with Crippen molar-refractivity contribution < 1.29 is 9.84 Å². The lowest BCUT2D eigenvalue weighted by Crippen LogP contribution is -1.91. The number of aryl methyl sites for hydroxylation is 2. The lowest BCUT2D eigenvalue weighted by molar-refractivity contribution is 0.460. The normalized spacial score (nSPS) is 10.2. The van der Waals surface area contributed by atoms with E-state index < -0.39 is 0 Å². The summed E-state index contributed by atoms with van der Waals surface area (Å²) in [7, 11) is 0. The molecule has 0 radical (unpaired) electrons. The van der Waals surface area contributed by atoms with Gasteiger partial charge in [0.1, 0.15) is 17.2 Å². The summed E-state index contributed by atoms with van der Waals surface area (Å²) < 4.78 is 5.68. The predicted octanol–water partition coefficient (Wildman–Crippen LogP) is 3.38. The van der Waals surface area contributed by atoms with Crippen molar-refractivity contribution in [3.63, 3.8) is 0 Å². The third-order valence-electron chi connectivity index (χ3n) is 2.65. The van der Waals surface area contributed by atoms with Crippen LogP contribution in [0.5, 0.6) is 17.2 Å². The molecule has 0 aromatic heterocycles. The zero-order chi connectivity index (χ0) is 12.4. The molecular formula is C14H15NO2. The summed E-state index contributed by atoms with van der Waals surface area (Å²) in [6, 6.07) is 10.7. The Balaban J connectivity index is 2.25. The van der Waals surface area contributed by atoms with E-state index in [-0.39, 0.29) is 5.75 Å². The number of ether oxygens (including phenoxy) is 1. The molecule has 0 aliphatic carbocycles. The Bertz CT molecular complexity index is 500. The van der Waals surface area contributed by atoms with Crippen LogP contribution >= 0.6 is 0 Å². The van der Waals surface area contributed by atoms with Gasteiger partial charge in [-0.25, -0.2) is 0 Å². The van der Waals surface area contributed by atoms with Crippen molar-refractivity contribution in [3.05, 3.63) is 47.5 Å². The second kappa shape index (κ2) is 4.37. The van der Waals surface area contributed by atoms with Crippen LogP contribution in [0.1, 0.15) is 11.1 Å². The largest absolute Gasteiger partial charge is 0.508 e. The average molecular weight is 229 g/mol. The Labute approximate surface area is 100 Å². The zero-order valence-corrected chi connectivity index (χ0v) is 9.90. The third kappa shape index (κ3) is 2.50. The number of hydrogen-bond donors (Lipinski definition) is 2. The molecule has 0 atom stereocenters. The van der Waals surface area contributed by atoms with Gasteiger partial charge in [0.2, 0.25) is 0 Å². The van der Waals surface area contributed by atoms with Gasteiger partial charge in [0.05, 0.1) is 0 Å². The van der Waals surface area contributed by atoms with E-state index in [0.717, 1.165) is 22.6 Å². The van der Waals surface area contributed by atoms with E-state index in [0.29, 0.717) is 5.75 Å². The average Bonchev–Trinajstić information content (AvgIpc) is 2.29. The summed E-state index contributed by atoms with van der Waals surface area (Å²) in [6.07, 6.45) is 0. The maximum absolute atomic E-state index is 9.42. The molecule has 3 nitrogen and oxygen atoms in total. The Morgan fingerprint density at radius 1 is 0.941 bits per heavy atom. The molecule has 0 spiro atoms. The minimum absolute atomic E-state index is 0.269. The smallest absolute Gasteiger partial charge is 0.127 e. The van der Waals surface area contributed by atoms with Gasteiger partial charge in [-0.15, -0.1) is 0 Å². The monoisotopic (exact) mass is 229 g/mol. The van der Waals surface area contributed by atoms with Crippen LogP contribution in [0, 0.1) is 13.8 Å². The first kappa shape index (κ1) is 11.3.